The Morgan fingerprint density at radius 1 is 1.44 bits per heavy atom. The van der Waals surface area contributed by atoms with Crippen molar-refractivity contribution in [3.63, 3.8) is 0 Å². The number of hydrogen-bond donors (Lipinski definition) is 1. The van der Waals surface area contributed by atoms with Crippen molar-refractivity contribution in [2.75, 3.05) is 13.6 Å². The number of nitrogens with zero attached hydrogens (tertiary/aromatic N) is 3. The van der Waals surface area contributed by atoms with Gasteiger partial charge in [0, 0.05) is 12.1 Å². The normalized spacial score (nSPS) is 25.7. The number of piperidine rings is 1. The van der Waals surface area contributed by atoms with Gasteiger partial charge in [0.25, 0.3) is 0 Å². The van der Waals surface area contributed by atoms with E-state index in [0.717, 1.165) is 36.3 Å². The smallest absolute Gasteiger partial charge is 0.245 e. The predicted octanol–water partition coefficient (Wildman–Crippen LogP) is 1.63. The first kappa shape index (κ1) is 11.6. The molecule has 0 aliphatic carbocycles. The number of fused-ring (bicyclic) bond motifs is 1. The van der Waals surface area contributed by atoms with Crippen LogP contribution in [0.2, 0.25) is 0 Å². The van der Waals surface area contributed by atoms with E-state index in [-0.39, 0.29) is 12.1 Å². The minimum atomic E-state index is 0.257. The van der Waals surface area contributed by atoms with Gasteiger partial charge in [0.05, 0.1) is 23.7 Å². The van der Waals surface area contributed by atoms with Gasteiger partial charge in [0.2, 0.25) is 5.71 Å². The van der Waals surface area contributed by atoms with E-state index >= 15 is 0 Å². The van der Waals surface area contributed by atoms with Crippen molar-refractivity contribution in [2.45, 2.75) is 31.8 Å². The second-order valence-electron chi connectivity index (χ2n) is 5.09. The Kier molecular flexibility index (Phi) is 2.80. The van der Waals surface area contributed by atoms with Gasteiger partial charge in [-0.1, -0.05) is 0 Å². The molecule has 2 N–H and O–H groups in total. The molecule has 3 rings (SSSR count). The highest BCUT2D eigenvalue weighted by atomic mass is 16.3. The summed E-state index contributed by atoms with van der Waals surface area (Å²) in [6.07, 6.45) is 3.62. The highest BCUT2D eigenvalue weighted by Crippen LogP contribution is 2.30. The van der Waals surface area contributed by atoms with Crippen LogP contribution < -0.4 is 5.73 Å². The monoisotopic (exact) mass is 246 g/mol. The molecule has 5 heteroatoms. The van der Waals surface area contributed by atoms with E-state index in [4.69, 9.17) is 10.2 Å². The lowest BCUT2D eigenvalue weighted by Crippen LogP contribution is -2.40. The van der Waals surface area contributed by atoms with E-state index in [2.05, 4.69) is 21.9 Å². The number of aromatic nitrogens is 2. The van der Waals surface area contributed by atoms with E-state index in [1.807, 2.05) is 13.0 Å². The fourth-order valence-corrected chi connectivity index (χ4v) is 2.63. The van der Waals surface area contributed by atoms with E-state index in [1.165, 1.54) is 0 Å². The Hall–Kier alpha value is -1.46. The van der Waals surface area contributed by atoms with Crippen molar-refractivity contribution >= 4 is 11.2 Å². The predicted molar refractivity (Wildman–Crippen MR) is 69.1 cm³/mol. The maximum Gasteiger partial charge on any atom is 0.245 e. The molecule has 2 atom stereocenters. The highest BCUT2D eigenvalue weighted by Gasteiger charge is 2.28. The third kappa shape index (κ3) is 1.89. The first-order chi connectivity index (χ1) is 8.65. The van der Waals surface area contributed by atoms with Gasteiger partial charge in [0.1, 0.15) is 5.52 Å². The van der Waals surface area contributed by atoms with E-state index in [0.29, 0.717) is 5.71 Å². The van der Waals surface area contributed by atoms with Crippen LogP contribution in [0.4, 0.5) is 0 Å². The molecule has 0 amide bonds. The van der Waals surface area contributed by atoms with Crippen LogP contribution in [0.1, 0.15) is 30.3 Å². The molecule has 5 nitrogen and oxygen atoms in total. The van der Waals surface area contributed by atoms with Gasteiger partial charge in [-0.05, 0) is 33.4 Å². The number of nitrogens with two attached hydrogens (primary N) is 1. The molecule has 2 aromatic heterocycles. The van der Waals surface area contributed by atoms with Crippen molar-refractivity contribution in [3.8, 4) is 0 Å². The molecule has 0 aromatic carbocycles. The van der Waals surface area contributed by atoms with Crippen molar-refractivity contribution < 1.29 is 4.42 Å². The standard InChI is InChI=1S/C13H18N4O/c1-8-12(11-7-9(14)3-5-17(11)2)16-10-4-6-18-13(10)15-8/h4,6,9,11H,3,5,7,14H2,1-2H3. The molecule has 1 aliphatic rings. The molecule has 1 saturated heterocycles. The van der Waals surface area contributed by atoms with Crippen LogP contribution in [0.15, 0.2) is 16.7 Å². The van der Waals surface area contributed by atoms with Gasteiger partial charge in [-0.3, -0.25) is 4.90 Å². The van der Waals surface area contributed by atoms with Gasteiger partial charge >= 0.3 is 0 Å². The minimum absolute atomic E-state index is 0.257. The zero-order chi connectivity index (χ0) is 12.7. The molecular formula is C13H18N4O. The van der Waals surface area contributed by atoms with Crippen LogP contribution in [0, 0.1) is 6.92 Å². The van der Waals surface area contributed by atoms with Crippen molar-refractivity contribution in [3.05, 3.63) is 23.7 Å². The third-order valence-corrected chi connectivity index (χ3v) is 3.73. The Labute approximate surface area is 106 Å². The summed E-state index contributed by atoms with van der Waals surface area (Å²) in [6, 6.07) is 2.38. The molecule has 0 bridgehead atoms. The zero-order valence-electron chi connectivity index (χ0n) is 10.8. The van der Waals surface area contributed by atoms with Crippen LogP contribution >= 0.6 is 0 Å². The minimum Gasteiger partial charge on any atom is -0.445 e. The average Bonchev–Trinajstić information content (AvgIpc) is 2.78. The topological polar surface area (TPSA) is 68.2 Å². The fourth-order valence-electron chi connectivity index (χ4n) is 2.63. The molecule has 1 aliphatic heterocycles. The van der Waals surface area contributed by atoms with E-state index < -0.39 is 0 Å². The molecule has 0 saturated carbocycles. The quantitative estimate of drug-likeness (QED) is 0.828. The maximum absolute atomic E-state index is 6.07. The molecule has 1 fully saturated rings. The van der Waals surface area contributed by atoms with Crippen LogP contribution in [0.5, 0.6) is 0 Å². The second-order valence-corrected chi connectivity index (χ2v) is 5.09. The number of hydrogen-bond acceptors (Lipinski definition) is 5. The van der Waals surface area contributed by atoms with Crippen LogP contribution in [0.3, 0.4) is 0 Å². The summed E-state index contributed by atoms with van der Waals surface area (Å²) in [5.74, 6) is 0. The molecule has 18 heavy (non-hydrogen) atoms. The summed E-state index contributed by atoms with van der Waals surface area (Å²) in [5, 5.41) is 0. The van der Waals surface area contributed by atoms with Crippen LogP contribution in [-0.2, 0) is 0 Å². The number of furan rings is 1. The van der Waals surface area contributed by atoms with E-state index in [9.17, 15) is 0 Å². The zero-order valence-corrected chi connectivity index (χ0v) is 10.8. The average molecular weight is 246 g/mol. The lowest BCUT2D eigenvalue weighted by molar-refractivity contribution is 0.167. The van der Waals surface area contributed by atoms with Crippen molar-refractivity contribution in [2.24, 2.45) is 5.73 Å². The SMILES string of the molecule is Cc1nc2occc2nc1C1CC(N)CCN1C. The number of aryl methyl sites for hydroxylation is 1. The molecule has 3 heterocycles. The molecule has 0 spiro atoms. The summed E-state index contributed by atoms with van der Waals surface area (Å²) in [4.78, 5) is 11.5. The van der Waals surface area contributed by atoms with Gasteiger partial charge in [0.15, 0.2) is 0 Å². The van der Waals surface area contributed by atoms with Crippen LogP contribution in [-0.4, -0.2) is 34.5 Å². The maximum atomic E-state index is 6.07. The summed E-state index contributed by atoms with van der Waals surface area (Å²) in [6.45, 7) is 2.99. The fraction of sp³-hybridized carbons (Fsp3) is 0.538. The summed E-state index contributed by atoms with van der Waals surface area (Å²) < 4.78 is 5.28. The highest BCUT2D eigenvalue weighted by molar-refractivity contribution is 5.68. The van der Waals surface area contributed by atoms with Gasteiger partial charge in [-0.2, -0.15) is 0 Å². The summed E-state index contributed by atoms with van der Waals surface area (Å²) in [7, 11) is 2.12. The number of likely N-dealkylation sites (tertiary alicyclic amines) is 1. The molecular weight excluding hydrogens is 228 g/mol. The Morgan fingerprint density at radius 2 is 2.28 bits per heavy atom. The van der Waals surface area contributed by atoms with E-state index in [1.54, 1.807) is 6.26 Å². The largest absolute Gasteiger partial charge is 0.445 e. The Morgan fingerprint density at radius 3 is 3.11 bits per heavy atom. The first-order valence-electron chi connectivity index (χ1n) is 6.32. The van der Waals surface area contributed by atoms with Gasteiger partial charge in [-0.25, -0.2) is 9.97 Å². The van der Waals surface area contributed by atoms with Gasteiger partial charge < -0.3 is 10.2 Å². The summed E-state index contributed by atoms with van der Waals surface area (Å²) >= 11 is 0. The van der Waals surface area contributed by atoms with Crippen molar-refractivity contribution in [1.82, 2.24) is 14.9 Å². The summed E-state index contributed by atoms with van der Waals surface area (Å²) in [5.41, 5.74) is 9.47. The Bertz CT molecular complexity index is 565. The van der Waals surface area contributed by atoms with Crippen molar-refractivity contribution in [1.29, 1.82) is 0 Å². The molecule has 96 valence electrons. The molecule has 0 radical (unpaired) electrons. The molecule has 2 aromatic rings. The Balaban J connectivity index is 2.03. The molecule has 2 unspecified atom stereocenters. The lowest BCUT2D eigenvalue weighted by atomic mass is 9.95. The second kappa shape index (κ2) is 4.33. The lowest BCUT2D eigenvalue weighted by Gasteiger charge is -2.35. The van der Waals surface area contributed by atoms with Crippen LogP contribution in [0.25, 0.3) is 11.2 Å². The van der Waals surface area contributed by atoms with Gasteiger partial charge in [-0.15, -0.1) is 0 Å². The number of rotatable bonds is 1. The first-order valence-corrected chi connectivity index (χ1v) is 6.32. The third-order valence-electron chi connectivity index (χ3n) is 3.73.